The molecule has 2 heteroatoms. The molecule has 1 nitrogen and oxygen atoms in total. The summed E-state index contributed by atoms with van der Waals surface area (Å²) in [4.78, 5) is 0. The lowest BCUT2D eigenvalue weighted by molar-refractivity contribution is 0.113. The topological polar surface area (TPSA) is 9.23 Å². The van der Waals surface area contributed by atoms with Crippen LogP contribution in [-0.2, 0) is 4.74 Å². The van der Waals surface area contributed by atoms with Crippen molar-refractivity contribution in [2.45, 2.75) is 30.7 Å². The summed E-state index contributed by atoms with van der Waals surface area (Å²) < 4.78 is 5.18. The molecule has 0 saturated heterocycles. The quantitative estimate of drug-likeness (QED) is 0.423. The SMILES string of the molecule is C=C1CCCC(Cl)C1OC. The fourth-order valence-corrected chi connectivity index (χ4v) is 1.82. The molecule has 1 rings (SSSR count). The van der Waals surface area contributed by atoms with Gasteiger partial charge in [0.2, 0.25) is 0 Å². The van der Waals surface area contributed by atoms with E-state index >= 15 is 0 Å². The van der Waals surface area contributed by atoms with Gasteiger partial charge in [0, 0.05) is 7.11 Å². The number of halogens is 1. The first-order chi connectivity index (χ1) is 4.75. The van der Waals surface area contributed by atoms with E-state index in [1.807, 2.05) is 0 Å². The van der Waals surface area contributed by atoms with E-state index in [1.165, 1.54) is 0 Å². The number of ether oxygens (including phenoxy) is 1. The molecule has 2 atom stereocenters. The minimum atomic E-state index is 0.0930. The van der Waals surface area contributed by atoms with Crippen molar-refractivity contribution in [3.8, 4) is 0 Å². The Morgan fingerprint density at radius 3 is 2.80 bits per heavy atom. The summed E-state index contributed by atoms with van der Waals surface area (Å²) >= 11 is 5.99. The lowest BCUT2D eigenvalue weighted by Crippen LogP contribution is -2.28. The van der Waals surface area contributed by atoms with Crippen molar-refractivity contribution in [1.82, 2.24) is 0 Å². The Morgan fingerprint density at radius 1 is 1.70 bits per heavy atom. The fourth-order valence-electron chi connectivity index (χ4n) is 1.39. The van der Waals surface area contributed by atoms with Gasteiger partial charge in [0.05, 0.1) is 11.5 Å². The van der Waals surface area contributed by atoms with Crippen molar-refractivity contribution < 1.29 is 4.74 Å². The number of hydrogen-bond donors (Lipinski definition) is 0. The van der Waals surface area contributed by atoms with Crippen LogP contribution in [0.2, 0.25) is 0 Å². The van der Waals surface area contributed by atoms with Gasteiger partial charge in [-0.25, -0.2) is 0 Å². The average molecular weight is 161 g/mol. The van der Waals surface area contributed by atoms with E-state index in [0.29, 0.717) is 0 Å². The molecule has 1 aliphatic carbocycles. The highest BCUT2D eigenvalue weighted by Crippen LogP contribution is 2.28. The van der Waals surface area contributed by atoms with E-state index in [2.05, 4.69) is 6.58 Å². The van der Waals surface area contributed by atoms with Crippen molar-refractivity contribution in [2.24, 2.45) is 0 Å². The Bertz CT molecular complexity index is 133. The van der Waals surface area contributed by atoms with E-state index in [0.717, 1.165) is 24.8 Å². The maximum atomic E-state index is 5.99. The van der Waals surface area contributed by atoms with Crippen LogP contribution in [0.25, 0.3) is 0 Å². The second-order valence-corrected chi connectivity index (χ2v) is 3.28. The van der Waals surface area contributed by atoms with Gasteiger partial charge in [-0.1, -0.05) is 6.58 Å². The highest BCUT2D eigenvalue weighted by atomic mass is 35.5. The molecule has 0 aromatic carbocycles. The molecule has 0 radical (unpaired) electrons. The highest BCUT2D eigenvalue weighted by Gasteiger charge is 2.25. The predicted octanol–water partition coefficient (Wildman–Crippen LogP) is 2.35. The van der Waals surface area contributed by atoms with Gasteiger partial charge in [0.1, 0.15) is 0 Å². The molecule has 0 aromatic rings. The van der Waals surface area contributed by atoms with Crippen LogP contribution in [0.15, 0.2) is 12.2 Å². The number of rotatable bonds is 1. The Balaban J connectivity index is 2.53. The van der Waals surface area contributed by atoms with E-state index < -0.39 is 0 Å². The van der Waals surface area contributed by atoms with Gasteiger partial charge in [-0.2, -0.15) is 0 Å². The van der Waals surface area contributed by atoms with Crippen LogP contribution in [0.3, 0.4) is 0 Å². The summed E-state index contributed by atoms with van der Waals surface area (Å²) in [6.07, 6.45) is 3.38. The Labute approximate surface area is 67.0 Å². The van der Waals surface area contributed by atoms with Crippen LogP contribution in [0, 0.1) is 0 Å². The van der Waals surface area contributed by atoms with E-state index in [9.17, 15) is 0 Å². The Hall–Kier alpha value is -0.0100. The van der Waals surface area contributed by atoms with Gasteiger partial charge in [0.25, 0.3) is 0 Å². The van der Waals surface area contributed by atoms with Crippen LogP contribution in [-0.4, -0.2) is 18.6 Å². The van der Waals surface area contributed by atoms with Gasteiger partial charge in [-0.05, 0) is 24.8 Å². The summed E-state index contributed by atoms with van der Waals surface area (Å²) in [6.45, 7) is 3.91. The molecule has 0 bridgehead atoms. The molecule has 0 amide bonds. The molecule has 0 spiro atoms. The molecular formula is C8H13ClO. The third-order valence-electron chi connectivity index (χ3n) is 1.96. The van der Waals surface area contributed by atoms with Gasteiger partial charge in [0.15, 0.2) is 0 Å². The van der Waals surface area contributed by atoms with Crippen molar-refractivity contribution in [3.63, 3.8) is 0 Å². The molecule has 1 saturated carbocycles. The fraction of sp³-hybridized carbons (Fsp3) is 0.750. The highest BCUT2D eigenvalue weighted by molar-refractivity contribution is 6.21. The smallest absolute Gasteiger partial charge is 0.0942 e. The molecule has 0 aromatic heterocycles. The predicted molar refractivity (Wildman–Crippen MR) is 43.4 cm³/mol. The van der Waals surface area contributed by atoms with Crippen LogP contribution in [0.5, 0.6) is 0 Å². The molecule has 10 heavy (non-hydrogen) atoms. The van der Waals surface area contributed by atoms with Crippen molar-refractivity contribution in [1.29, 1.82) is 0 Å². The molecule has 0 aliphatic heterocycles. The van der Waals surface area contributed by atoms with Gasteiger partial charge in [-0.15, -0.1) is 11.6 Å². The van der Waals surface area contributed by atoms with Crippen molar-refractivity contribution >= 4 is 11.6 Å². The number of hydrogen-bond acceptors (Lipinski definition) is 1. The second-order valence-electron chi connectivity index (χ2n) is 2.72. The Kier molecular flexibility index (Phi) is 2.75. The lowest BCUT2D eigenvalue weighted by atomic mass is 9.93. The zero-order valence-electron chi connectivity index (χ0n) is 6.27. The lowest BCUT2D eigenvalue weighted by Gasteiger charge is -2.27. The normalized spacial score (nSPS) is 34.4. The second kappa shape index (κ2) is 3.40. The maximum Gasteiger partial charge on any atom is 0.0942 e. The minimum absolute atomic E-state index is 0.0930. The molecule has 2 unspecified atom stereocenters. The third kappa shape index (κ3) is 1.53. The average Bonchev–Trinajstić information content (AvgIpc) is 1.88. The first-order valence-electron chi connectivity index (χ1n) is 3.60. The van der Waals surface area contributed by atoms with E-state index in [4.69, 9.17) is 16.3 Å². The molecular weight excluding hydrogens is 148 g/mol. The van der Waals surface area contributed by atoms with Crippen LogP contribution < -0.4 is 0 Å². The maximum absolute atomic E-state index is 5.99. The molecule has 0 N–H and O–H groups in total. The molecule has 58 valence electrons. The summed E-state index contributed by atoms with van der Waals surface area (Å²) in [6, 6.07) is 0. The Morgan fingerprint density at radius 2 is 2.40 bits per heavy atom. The summed E-state index contributed by atoms with van der Waals surface area (Å²) in [7, 11) is 1.69. The zero-order valence-corrected chi connectivity index (χ0v) is 7.03. The van der Waals surface area contributed by atoms with Gasteiger partial charge < -0.3 is 4.74 Å². The molecule has 1 fully saturated rings. The van der Waals surface area contributed by atoms with Crippen LogP contribution >= 0.6 is 11.6 Å². The van der Waals surface area contributed by atoms with Crippen LogP contribution in [0.1, 0.15) is 19.3 Å². The number of alkyl halides is 1. The van der Waals surface area contributed by atoms with Crippen molar-refractivity contribution in [3.05, 3.63) is 12.2 Å². The minimum Gasteiger partial charge on any atom is -0.376 e. The zero-order chi connectivity index (χ0) is 7.56. The summed E-state index contributed by atoms with van der Waals surface area (Å²) in [5.41, 5.74) is 1.15. The monoisotopic (exact) mass is 160 g/mol. The van der Waals surface area contributed by atoms with Gasteiger partial charge >= 0.3 is 0 Å². The van der Waals surface area contributed by atoms with Crippen molar-refractivity contribution in [2.75, 3.05) is 7.11 Å². The molecule has 1 aliphatic rings. The summed E-state index contributed by atoms with van der Waals surface area (Å²) in [5.74, 6) is 0. The standard InChI is InChI=1S/C8H13ClO/c1-6-4-3-5-7(9)8(6)10-2/h7-8H,1,3-5H2,2H3. The first kappa shape index (κ1) is 8.09. The van der Waals surface area contributed by atoms with E-state index in [-0.39, 0.29) is 11.5 Å². The van der Waals surface area contributed by atoms with Gasteiger partial charge in [-0.3, -0.25) is 0 Å². The largest absolute Gasteiger partial charge is 0.376 e. The first-order valence-corrected chi connectivity index (χ1v) is 4.04. The number of methoxy groups -OCH3 is 1. The molecule has 0 heterocycles. The van der Waals surface area contributed by atoms with E-state index in [1.54, 1.807) is 7.11 Å². The summed E-state index contributed by atoms with van der Waals surface area (Å²) in [5, 5.41) is 0.145. The van der Waals surface area contributed by atoms with Crippen LogP contribution in [0.4, 0.5) is 0 Å². The third-order valence-corrected chi connectivity index (χ3v) is 2.41.